The van der Waals surface area contributed by atoms with Crippen LogP contribution < -0.4 is 10.5 Å². The van der Waals surface area contributed by atoms with E-state index >= 15 is 0 Å². The van der Waals surface area contributed by atoms with E-state index in [1.165, 1.54) is 17.3 Å². The van der Waals surface area contributed by atoms with Crippen LogP contribution in [0.4, 0.5) is 5.82 Å². The molecular formula is C31H36N4O2S2. The Morgan fingerprint density at radius 1 is 1.10 bits per heavy atom. The van der Waals surface area contributed by atoms with E-state index in [2.05, 4.69) is 41.3 Å². The van der Waals surface area contributed by atoms with Gasteiger partial charge in [-0.3, -0.25) is 19.1 Å². The molecule has 3 heterocycles. The molecule has 39 heavy (non-hydrogen) atoms. The molecule has 5 rings (SSSR count). The SMILES string of the molecule is CCCn1c(N2CCC(Cc3ccccc3)CC2)c(/C=C2\SC(=S)N(C3CCCC3)C2=O)c(C)c(C#N)c1=O. The summed E-state index contributed by atoms with van der Waals surface area (Å²) in [4.78, 5) is 31.7. The second-order valence-corrected chi connectivity index (χ2v) is 12.6. The number of nitrogens with zero attached hydrogens (tertiary/aromatic N) is 4. The van der Waals surface area contributed by atoms with Gasteiger partial charge in [0.1, 0.15) is 21.8 Å². The third-order valence-electron chi connectivity index (χ3n) is 8.36. The molecule has 0 radical (unpaired) electrons. The molecule has 3 fully saturated rings. The quantitative estimate of drug-likeness (QED) is 0.304. The number of pyridine rings is 1. The van der Waals surface area contributed by atoms with Crippen LogP contribution in [0.3, 0.4) is 0 Å². The standard InChI is InChI=1S/C31H36N4O2S2/c1-3-15-34-28(33-16-13-23(14-17-33)18-22-9-5-4-6-10-22)25(21(2)26(20-32)29(34)36)19-27-30(37)35(31(38)39-27)24-11-7-8-12-24/h4-6,9-10,19,23-24H,3,7-8,11-18H2,1-2H3/b27-19-. The molecule has 204 valence electrons. The zero-order valence-corrected chi connectivity index (χ0v) is 24.5. The van der Waals surface area contributed by atoms with Gasteiger partial charge in [0.25, 0.3) is 11.5 Å². The van der Waals surface area contributed by atoms with Gasteiger partial charge in [-0.2, -0.15) is 5.26 Å². The van der Waals surface area contributed by atoms with Gasteiger partial charge in [0.05, 0.1) is 4.91 Å². The summed E-state index contributed by atoms with van der Waals surface area (Å²) in [6.07, 6.45) is 10.0. The van der Waals surface area contributed by atoms with Crippen LogP contribution in [0.25, 0.3) is 6.08 Å². The predicted molar refractivity (Wildman–Crippen MR) is 163 cm³/mol. The van der Waals surface area contributed by atoms with Crippen LogP contribution in [0.2, 0.25) is 0 Å². The van der Waals surface area contributed by atoms with Crippen LogP contribution >= 0.6 is 24.0 Å². The van der Waals surface area contributed by atoms with Crippen LogP contribution in [-0.4, -0.2) is 38.8 Å². The van der Waals surface area contributed by atoms with Crippen LogP contribution in [0.5, 0.6) is 0 Å². The van der Waals surface area contributed by atoms with E-state index in [4.69, 9.17) is 12.2 Å². The largest absolute Gasteiger partial charge is 0.357 e. The molecule has 1 amide bonds. The summed E-state index contributed by atoms with van der Waals surface area (Å²) in [6.45, 7) is 6.06. The molecular weight excluding hydrogens is 525 g/mol. The van der Waals surface area contributed by atoms with Gasteiger partial charge in [-0.1, -0.05) is 74.1 Å². The van der Waals surface area contributed by atoms with Crippen LogP contribution in [0, 0.1) is 24.2 Å². The summed E-state index contributed by atoms with van der Waals surface area (Å²) in [5.74, 6) is 1.37. The number of hydrogen-bond acceptors (Lipinski definition) is 6. The van der Waals surface area contributed by atoms with Crippen molar-refractivity contribution in [2.45, 2.75) is 77.8 Å². The lowest BCUT2D eigenvalue weighted by Crippen LogP contribution is -2.40. The average molecular weight is 561 g/mol. The Morgan fingerprint density at radius 3 is 2.44 bits per heavy atom. The lowest BCUT2D eigenvalue weighted by Gasteiger charge is -2.36. The number of amides is 1. The van der Waals surface area contributed by atoms with Crippen molar-refractivity contribution >= 4 is 46.1 Å². The van der Waals surface area contributed by atoms with Crippen LogP contribution in [0.1, 0.15) is 74.1 Å². The molecule has 0 N–H and O–H groups in total. The summed E-state index contributed by atoms with van der Waals surface area (Å²) in [6, 6.07) is 12.9. The summed E-state index contributed by atoms with van der Waals surface area (Å²) >= 11 is 7.00. The Labute approximate surface area is 240 Å². The van der Waals surface area contributed by atoms with Gasteiger partial charge < -0.3 is 4.90 Å². The van der Waals surface area contributed by atoms with Crippen LogP contribution in [0.15, 0.2) is 40.0 Å². The minimum atomic E-state index is -0.242. The topological polar surface area (TPSA) is 69.3 Å². The number of rotatable bonds is 7. The molecule has 2 saturated heterocycles. The number of hydrogen-bond donors (Lipinski definition) is 0. The van der Waals surface area contributed by atoms with E-state index in [9.17, 15) is 14.9 Å². The first-order chi connectivity index (χ1) is 18.9. The number of anilines is 1. The van der Waals surface area contributed by atoms with Gasteiger partial charge in [0, 0.05) is 31.2 Å². The molecule has 0 atom stereocenters. The molecule has 0 unspecified atom stereocenters. The number of thiocarbonyl (C=S) groups is 1. The highest BCUT2D eigenvalue weighted by atomic mass is 32.2. The van der Waals surface area contributed by atoms with Gasteiger partial charge in [-0.05, 0) is 68.6 Å². The number of thioether (sulfide) groups is 1. The summed E-state index contributed by atoms with van der Waals surface area (Å²) in [7, 11) is 0. The van der Waals surface area contributed by atoms with Gasteiger partial charge in [0.2, 0.25) is 0 Å². The number of nitriles is 1. The minimum absolute atomic E-state index is 0.0458. The first kappa shape index (κ1) is 27.7. The van der Waals surface area contributed by atoms with E-state index in [0.29, 0.717) is 27.3 Å². The molecule has 2 aromatic rings. The van der Waals surface area contributed by atoms with Crippen molar-refractivity contribution in [1.29, 1.82) is 5.26 Å². The molecule has 0 spiro atoms. The zero-order valence-electron chi connectivity index (χ0n) is 22.8. The Kier molecular flexibility index (Phi) is 8.58. The molecule has 8 heteroatoms. The second-order valence-electron chi connectivity index (χ2n) is 10.9. The Morgan fingerprint density at radius 2 is 1.79 bits per heavy atom. The fraction of sp³-hybridized carbons (Fsp3) is 0.484. The predicted octanol–water partition coefficient (Wildman–Crippen LogP) is 6.04. The number of carbonyl (C=O) groups is 1. The zero-order chi connectivity index (χ0) is 27.5. The third-order valence-corrected chi connectivity index (χ3v) is 9.69. The van der Waals surface area contributed by atoms with Crippen molar-refractivity contribution in [1.82, 2.24) is 9.47 Å². The fourth-order valence-corrected chi connectivity index (χ4v) is 7.68. The molecule has 6 nitrogen and oxygen atoms in total. The summed E-state index contributed by atoms with van der Waals surface area (Å²) < 4.78 is 2.38. The molecule has 1 saturated carbocycles. The normalized spacial score (nSPS) is 19.9. The highest BCUT2D eigenvalue weighted by molar-refractivity contribution is 8.26. The van der Waals surface area contributed by atoms with Gasteiger partial charge >= 0.3 is 0 Å². The molecule has 2 aliphatic heterocycles. The van der Waals surface area contributed by atoms with Gasteiger partial charge in [0.15, 0.2) is 0 Å². The first-order valence-electron chi connectivity index (χ1n) is 14.2. The third kappa shape index (κ3) is 5.57. The van der Waals surface area contributed by atoms with Gasteiger partial charge in [-0.25, -0.2) is 0 Å². The molecule has 0 bridgehead atoms. The Bertz CT molecular complexity index is 1380. The van der Waals surface area contributed by atoms with E-state index < -0.39 is 0 Å². The second kappa shape index (κ2) is 12.1. The highest BCUT2D eigenvalue weighted by Crippen LogP contribution is 2.40. The first-order valence-corrected chi connectivity index (χ1v) is 15.4. The maximum Gasteiger partial charge on any atom is 0.270 e. The van der Waals surface area contributed by atoms with E-state index in [1.54, 1.807) is 9.47 Å². The van der Waals surface area contributed by atoms with Crippen molar-refractivity contribution in [2.75, 3.05) is 18.0 Å². The average Bonchev–Trinajstić information content (AvgIpc) is 3.56. The Hall–Kier alpha value is -2.89. The van der Waals surface area contributed by atoms with Crippen molar-refractivity contribution in [3.63, 3.8) is 0 Å². The smallest absolute Gasteiger partial charge is 0.270 e. The molecule has 3 aliphatic rings. The maximum atomic E-state index is 13.6. The lowest BCUT2D eigenvalue weighted by molar-refractivity contribution is -0.123. The van der Waals surface area contributed by atoms with Crippen molar-refractivity contribution in [2.24, 2.45) is 5.92 Å². The van der Waals surface area contributed by atoms with Crippen LogP contribution in [-0.2, 0) is 17.8 Å². The number of piperidine rings is 1. The minimum Gasteiger partial charge on any atom is -0.357 e. The van der Waals surface area contributed by atoms with E-state index in [-0.39, 0.29) is 23.1 Å². The highest BCUT2D eigenvalue weighted by Gasteiger charge is 2.38. The summed E-state index contributed by atoms with van der Waals surface area (Å²) in [5, 5.41) is 9.93. The molecule has 1 aromatic heterocycles. The van der Waals surface area contributed by atoms with E-state index in [0.717, 1.165) is 75.8 Å². The van der Waals surface area contributed by atoms with E-state index in [1.807, 2.05) is 19.9 Å². The van der Waals surface area contributed by atoms with Gasteiger partial charge in [-0.15, -0.1) is 0 Å². The maximum absolute atomic E-state index is 13.6. The monoisotopic (exact) mass is 560 g/mol. The molecule has 1 aromatic carbocycles. The lowest BCUT2D eigenvalue weighted by atomic mass is 9.90. The molecule has 1 aliphatic carbocycles. The van der Waals surface area contributed by atoms with Crippen molar-refractivity contribution in [3.8, 4) is 6.07 Å². The summed E-state index contributed by atoms with van der Waals surface area (Å²) in [5.41, 5.74) is 2.71. The van der Waals surface area contributed by atoms with Crippen molar-refractivity contribution < 1.29 is 4.79 Å². The number of benzene rings is 1. The number of aromatic nitrogens is 1. The van der Waals surface area contributed by atoms with Crippen molar-refractivity contribution in [3.05, 3.63) is 67.8 Å². The fourth-order valence-electron chi connectivity index (χ4n) is 6.30. The number of carbonyl (C=O) groups excluding carboxylic acids is 1. The Balaban J connectivity index is 1.51.